The van der Waals surface area contributed by atoms with Crippen molar-refractivity contribution < 1.29 is 4.42 Å². The Hall–Kier alpha value is -3.06. The Morgan fingerprint density at radius 3 is 2.32 bits per heavy atom. The Kier molecular flexibility index (Phi) is 4.22. The predicted octanol–water partition coefficient (Wildman–Crippen LogP) is 6.59. The first kappa shape index (κ1) is 15.5. The van der Waals surface area contributed by atoms with Gasteiger partial charge in [0.1, 0.15) is 11.5 Å². The van der Waals surface area contributed by atoms with Crippen molar-refractivity contribution in [3.63, 3.8) is 0 Å². The Morgan fingerprint density at radius 1 is 0.760 bits per heavy atom. The van der Waals surface area contributed by atoms with E-state index in [9.17, 15) is 0 Å². The normalized spacial score (nSPS) is 12.7. The van der Waals surface area contributed by atoms with Gasteiger partial charge in [-0.05, 0) is 41.0 Å². The molecule has 0 aliphatic rings. The molecule has 1 unspecified atom stereocenters. The number of fused-ring (bicyclic) bond motifs is 1. The van der Waals surface area contributed by atoms with E-state index < -0.39 is 0 Å². The molecule has 0 fully saturated rings. The molecule has 1 heterocycles. The maximum atomic E-state index is 5.92. The molecule has 1 atom stereocenters. The highest BCUT2D eigenvalue weighted by atomic mass is 16.3. The van der Waals surface area contributed by atoms with E-state index in [1.165, 1.54) is 21.9 Å². The minimum absolute atomic E-state index is 0.105. The summed E-state index contributed by atoms with van der Waals surface area (Å²) in [4.78, 5) is 0. The van der Waals surface area contributed by atoms with Gasteiger partial charge < -0.3 is 4.42 Å². The minimum Gasteiger partial charge on any atom is -0.465 e. The smallest absolute Gasteiger partial charge is 0.115 e. The number of hydrogen-bond acceptors (Lipinski definition) is 1. The van der Waals surface area contributed by atoms with Crippen LogP contribution in [0.4, 0.5) is 0 Å². The summed E-state index contributed by atoms with van der Waals surface area (Å²) in [5.41, 5.74) is 2.45. The van der Waals surface area contributed by atoms with Crippen LogP contribution in [-0.4, -0.2) is 0 Å². The lowest BCUT2D eigenvalue weighted by molar-refractivity contribution is 0.481. The summed E-state index contributed by atoms with van der Waals surface area (Å²) in [5.74, 6) is 2.02. The van der Waals surface area contributed by atoms with Gasteiger partial charge in [-0.25, -0.2) is 0 Å². The number of rotatable bonds is 4. The van der Waals surface area contributed by atoms with E-state index in [1.807, 2.05) is 19.1 Å². The number of aryl methyl sites for hydroxylation is 1. The summed E-state index contributed by atoms with van der Waals surface area (Å²) in [7, 11) is 0. The summed E-state index contributed by atoms with van der Waals surface area (Å²) in [6.45, 7) is 1.99. The average Bonchev–Trinajstić information content (AvgIpc) is 3.09. The molecule has 25 heavy (non-hydrogen) atoms. The monoisotopic (exact) mass is 324 g/mol. The quantitative estimate of drug-likeness (QED) is 0.413. The van der Waals surface area contributed by atoms with Crippen LogP contribution in [0, 0.1) is 6.92 Å². The molecular formula is C24H20O. The molecule has 4 rings (SSSR count). The van der Waals surface area contributed by atoms with E-state index in [1.54, 1.807) is 0 Å². The maximum Gasteiger partial charge on any atom is 0.115 e. The lowest BCUT2D eigenvalue weighted by Crippen LogP contribution is -1.95. The van der Waals surface area contributed by atoms with Gasteiger partial charge in [0.05, 0.1) is 5.92 Å². The van der Waals surface area contributed by atoms with Crippen molar-refractivity contribution >= 4 is 16.8 Å². The molecule has 0 bridgehead atoms. The van der Waals surface area contributed by atoms with Crippen molar-refractivity contribution in [3.8, 4) is 0 Å². The first-order valence-corrected chi connectivity index (χ1v) is 8.58. The van der Waals surface area contributed by atoms with Gasteiger partial charge in [-0.15, -0.1) is 0 Å². The van der Waals surface area contributed by atoms with Crippen LogP contribution in [0.25, 0.3) is 16.8 Å². The molecule has 122 valence electrons. The first-order chi connectivity index (χ1) is 12.3. The van der Waals surface area contributed by atoms with Gasteiger partial charge in [0.15, 0.2) is 0 Å². The molecule has 4 aromatic rings. The number of allylic oxidation sites excluding steroid dienone is 1. The zero-order chi connectivity index (χ0) is 17.1. The topological polar surface area (TPSA) is 13.1 Å². The van der Waals surface area contributed by atoms with Crippen LogP contribution in [0.1, 0.15) is 28.6 Å². The van der Waals surface area contributed by atoms with Crippen molar-refractivity contribution in [2.45, 2.75) is 12.8 Å². The highest BCUT2D eigenvalue weighted by Gasteiger charge is 2.14. The van der Waals surface area contributed by atoms with E-state index in [-0.39, 0.29) is 5.92 Å². The van der Waals surface area contributed by atoms with Crippen molar-refractivity contribution in [1.82, 2.24) is 0 Å². The van der Waals surface area contributed by atoms with Crippen LogP contribution >= 0.6 is 0 Å². The molecule has 3 aromatic carbocycles. The van der Waals surface area contributed by atoms with Crippen molar-refractivity contribution in [3.05, 3.63) is 114 Å². The van der Waals surface area contributed by atoms with E-state index in [2.05, 4.69) is 84.9 Å². The van der Waals surface area contributed by atoms with Crippen LogP contribution in [0.2, 0.25) is 0 Å². The summed E-state index contributed by atoms with van der Waals surface area (Å²) < 4.78 is 5.92. The average molecular weight is 324 g/mol. The lowest BCUT2D eigenvalue weighted by atomic mass is 9.94. The van der Waals surface area contributed by atoms with Gasteiger partial charge in [-0.2, -0.15) is 0 Å². The molecule has 0 N–H and O–H groups in total. The predicted molar refractivity (Wildman–Crippen MR) is 105 cm³/mol. The van der Waals surface area contributed by atoms with Crippen LogP contribution in [0.5, 0.6) is 0 Å². The van der Waals surface area contributed by atoms with Crippen molar-refractivity contribution in [2.75, 3.05) is 0 Å². The Labute approximate surface area is 148 Å². The van der Waals surface area contributed by atoms with E-state index in [0.717, 1.165) is 11.5 Å². The van der Waals surface area contributed by atoms with Crippen molar-refractivity contribution in [1.29, 1.82) is 0 Å². The van der Waals surface area contributed by atoms with Gasteiger partial charge in [0.25, 0.3) is 0 Å². The standard InChI is InChI=1S/C24H20O/c1-18-14-17-24(25-18)23(20-8-3-2-4-9-20)16-15-21-12-7-11-19-10-5-6-13-22(19)21/h2-17,23H,1H3/b16-15+. The molecule has 0 saturated carbocycles. The van der Waals surface area contributed by atoms with Crippen LogP contribution in [0.3, 0.4) is 0 Å². The second-order valence-corrected chi connectivity index (χ2v) is 6.26. The molecule has 1 heteroatoms. The fourth-order valence-corrected chi connectivity index (χ4v) is 3.25. The molecule has 0 spiro atoms. The Bertz CT molecular complexity index is 1000. The van der Waals surface area contributed by atoms with Gasteiger partial charge in [0, 0.05) is 0 Å². The zero-order valence-corrected chi connectivity index (χ0v) is 14.2. The molecule has 1 nitrogen and oxygen atoms in total. The van der Waals surface area contributed by atoms with Gasteiger partial charge >= 0.3 is 0 Å². The van der Waals surface area contributed by atoms with Crippen LogP contribution in [-0.2, 0) is 0 Å². The largest absolute Gasteiger partial charge is 0.465 e. The van der Waals surface area contributed by atoms with Gasteiger partial charge in [-0.1, -0.05) is 84.9 Å². The van der Waals surface area contributed by atoms with Gasteiger partial charge in [0.2, 0.25) is 0 Å². The summed E-state index contributed by atoms with van der Waals surface area (Å²) in [5, 5.41) is 2.53. The molecule has 0 aliphatic carbocycles. The number of benzene rings is 3. The first-order valence-electron chi connectivity index (χ1n) is 8.58. The molecule has 0 amide bonds. The van der Waals surface area contributed by atoms with Crippen LogP contribution < -0.4 is 0 Å². The highest BCUT2D eigenvalue weighted by molar-refractivity contribution is 5.90. The summed E-state index contributed by atoms with van der Waals surface area (Å²) in [6, 6.07) is 29.5. The molecule has 0 saturated heterocycles. The third kappa shape index (κ3) is 3.27. The second-order valence-electron chi connectivity index (χ2n) is 6.26. The molecule has 0 radical (unpaired) electrons. The third-order valence-corrected chi connectivity index (χ3v) is 4.52. The molecule has 1 aromatic heterocycles. The second kappa shape index (κ2) is 6.82. The lowest BCUT2D eigenvalue weighted by Gasteiger charge is -2.11. The van der Waals surface area contributed by atoms with Crippen LogP contribution in [0.15, 0.2) is 95.4 Å². The van der Waals surface area contributed by atoms with Crippen molar-refractivity contribution in [2.24, 2.45) is 0 Å². The molecule has 0 aliphatic heterocycles. The third-order valence-electron chi connectivity index (χ3n) is 4.52. The number of hydrogen-bond donors (Lipinski definition) is 0. The summed E-state index contributed by atoms with van der Waals surface area (Å²) in [6.07, 6.45) is 4.44. The Morgan fingerprint density at radius 2 is 1.52 bits per heavy atom. The maximum absolute atomic E-state index is 5.92. The zero-order valence-electron chi connectivity index (χ0n) is 14.2. The van der Waals surface area contributed by atoms with E-state index in [4.69, 9.17) is 4.42 Å². The molecular weight excluding hydrogens is 304 g/mol. The fourth-order valence-electron chi connectivity index (χ4n) is 3.25. The fraction of sp³-hybridized carbons (Fsp3) is 0.0833. The highest BCUT2D eigenvalue weighted by Crippen LogP contribution is 2.29. The van der Waals surface area contributed by atoms with Gasteiger partial charge in [-0.3, -0.25) is 0 Å². The van der Waals surface area contributed by atoms with E-state index >= 15 is 0 Å². The Balaban J connectivity index is 1.77. The number of furan rings is 1. The van der Waals surface area contributed by atoms with E-state index in [0.29, 0.717) is 0 Å². The summed E-state index contributed by atoms with van der Waals surface area (Å²) >= 11 is 0. The SMILES string of the molecule is Cc1ccc(C(/C=C/c2cccc3ccccc23)c2ccccc2)o1. The minimum atomic E-state index is 0.105.